The van der Waals surface area contributed by atoms with Gasteiger partial charge in [-0.15, -0.1) is 0 Å². The molecule has 0 bridgehead atoms. The summed E-state index contributed by atoms with van der Waals surface area (Å²) < 4.78 is 5.43. The Labute approximate surface area is 153 Å². The van der Waals surface area contributed by atoms with Crippen LogP contribution in [0.3, 0.4) is 0 Å². The summed E-state index contributed by atoms with van der Waals surface area (Å²) in [5.74, 6) is 0.522. The van der Waals surface area contributed by atoms with Gasteiger partial charge < -0.3 is 15.4 Å². The van der Waals surface area contributed by atoms with Gasteiger partial charge in [0.15, 0.2) is 5.78 Å². The van der Waals surface area contributed by atoms with E-state index in [2.05, 4.69) is 10.6 Å². The smallest absolute Gasteiger partial charge is 0.255 e. The number of nitrogens with one attached hydrogen (secondary N) is 2. The molecule has 0 spiro atoms. The van der Waals surface area contributed by atoms with Crippen molar-refractivity contribution in [3.8, 4) is 5.75 Å². The van der Waals surface area contributed by atoms with Crippen molar-refractivity contribution in [2.75, 3.05) is 17.7 Å². The van der Waals surface area contributed by atoms with Crippen LogP contribution in [0.15, 0.2) is 53.7 Å². The summed E-state index contributed by atoms with van der Waals surface area (Å²) in [6, 6.07) is 12.9. The van der Waals surface area contributed by atoms with Crippen molar-refractivity contribution in [3.05, 3.63) is 64.9 Å². The molecule has 134 valence electrons. The Hall–Kier alpha value is -3.08. The fourth-order valence-corrected chi connectivity index (χ4v) is 2.96. The normalized spacial score (nSPS) is 13.7. The molecule has 0 fully saturated rings. The van der Waals surface area contributed by atoms with Crippen LogP contribution >= 0.6 is 0 Å². The maximum atomic E-state index is 12.5. The Morgan fingerprint density at radius 3 is 2.54 bits per heavy atom. The van der Waals surface area contributed by atoms with Crippen molar-refractivity contribution in [3.63, 3.8) is 0 Å². The Kier molecular flexibility index (Phi) is 5.07. The number of carbonyl (C=O) groups is 2. The van der Waals surface area contributed by atoms with Gasteiger partial charge in [-0.25, -0.2) is 0 Å². The number of hydrogen-bond acceptors (Lipinski definition) is 4. The van der Waals surface area contributed by atoms with Gasteiger partial charge in [-0.3, -0.25) is 9.59 Å². The molecule has 0 unspecified atom stereocenters. The first kappa shape index (κ1) is 17.7. The molecule has 2 aromatic carbocycles. The first-order valence-electron chi connectivity index (χ1n) is 8.54. The molecule has 1 amide bonds. The summed E-state index contributed by atoms with van der Waals surface area (Å²) in [5, 5.41) is 6.15. The van der Waals surface area contributed by atoms with Crippen molar-refractivity contribution in [1.29, 1.82) is 0 Å². The summed E-state index contributed by atoms with van der Waals surface area (Å²) in [6.07, 6.45) is 1.23. The van der Waals surface area contributed by atoms with E-state index in [1.54, 1.807) is 25.3 Å². The zero-order valence-electron chi connectivity index (χ0n) is 15.2. The van der Waals surface area contributed by atoms with Gasteiger partial charge in [0.2, 0.25) is 0 Å². The number of allylic oxidation sites excluding steroid dienone is 2. The maximum Gasteiger partial charge on any atom is 0.255 e. The van der Waals surface area contributed by atoms with Crippen LogP contribution in [0.4, 0.5) is 11.4 Å². The summed E-state index contributed by atoms with van der Waals surface area (Å²) in [6.45, 7) is 3.80. The lowest BCUT2D eigenvalue weighted by Gasteiger charge is -2.14. The Balaban J connectivity index is 1.80. The summed E-state index contributed by atoms with van der Waals surface area (Å²) in [4.78, 5) is 24.2. The van der Waals surface area contributed by atoms with Crippen LogP contribution < -0.4 is 15.4 Å². The van der Waals surface area contributed by atoms with Crippen LogP contribution in [0.1, 0.15) is 35.7 Å². The van der Waals surface area contributed by atoms with Crippen molar-refractivity contribution in [2.24, 2.45) is 0 Å². The predicted molar refractivity (Wildman–Crippen MR) is 103 cm³/mol. The van der Waals surface area contributed by atoms with Crippen molar-refractivity contribution >= 4 is 23.1 Å². The van der Waals surface area contributed by atoms with Crippen molar-refractivity contribution < 1.29 is 14.3 Å². The maximum absolute atomic E-state index is 12.5. The third-order valence-corrected chi connectivity index (χ3v) is 4.50. The SMILES string of the molecule is COc1cc(C(=O)Nc2cccc(C)c2)ccc1NC1=C(C)C(=O)CC1. The molecule has 2 N–H and O–H groups in total. The third-order valence-electron chi connectivity index (χ3n) is 4.50. The van der Waals surface area contributed by atoms with Crippen molar-refractivity contribution in [1.82, 2.24) is 0 Å². The fourth-order valence-electron chi connectivity index (χ4n) is 2.96. The molecule has 0 aromatic heterocycles. The predicted octanol–water partition coefficient (Wildman–Crippen LogP) is 4.30. The molecule has 1 aliphatic rings. The molecular formula is C21H22N2O3. The fraction of sp³-hybridized carbons (Fsp3) is 0.238. The first-order chi connectivity index (χ1) is 12.5. The second-order valence-corrected chi connectivity index (χ2v) is 6.39. The molecule has 0 atom stereocenters. The minimum atomic E-state index is -0.202. The molecule has 3 rings (SSSR count). The number of amides is 1. The summed E-state index contributed by atoms with van der Waals surface area (Å²) in [5.41, 5.74) is 4.74. The number of ether oxygens (including phenoxy) is 1. The number of aryl methyl sites for hydroxylation is 1. The van der Waals surface area contributed by atoms with E-state index in [4.69, 9.17) is 4.74 Å². The van der Waals surface area contributed by atoms with Crippen LogP contribution in [-0.2, 0) is 4.79 Å². The molecule has 26 heavy (non-hydrogen) atoms. The van der Waals surface area contributed by atoms with Gasteiger partial charge in [-0.05, 0) is 56.2 Å². The molecule has 0 aliphatic heterocycles. The Morgan fingerprint density at radius 1 is 1.08 bits per heavy atom. The monoisotopic (exact) mass is 350 g/mol. The highest BCUT2D eigenvalue weighted by atomic mass is 16.5. The first-order valence-corrected chi connectivity index (χ1v) is 8.54. The third kappa shape index (κ3) is 3.77. The van der Waals surface area contributed by atoms with Gasteiger partial charge in [0.1, 0.15) is 5.75 Å². The van der Waals surface area contributed by atoms with E-state index in [9.17, 15) is 9.59 Å². The standard InChI is InChI=1S/C21H22N2O3/c1-13-5-4-6-16(11-13)22-21(25)15-7-8-18(20(12-15)26-3)23-17-9-10-19(24)14(17)2/h4-8,11-12,23H,9-10H2,1-3H3,(H,22,25). The second-order valence-electron chi connectivity index (χ2n) is 6.39. The zero-order chi connectivity index (χ0) is 18.7. The number of hydrogen-bond donors (Lipinski definition) is 2. The summed E-state index contributed by atoms with van der Waals surface area (Å²) >= 11 is 0. The Bertz CT molecular complexity index is 900. The molecular weight excluding hydrogens is 328 g/mol. The summed E-state index contributed by atoms with van der Waals surface area (Å²) in [7, 11) is 1.56. The van der Waals surface area contributed by atoms with Crippen LogP contribution in [0, 0.1) is 6.92 Å². The number of carbonyl (C=O) groups excluding carboxylic acids is 2. The van der Waals surface area contributed by atoms with Crippen LogP contribution in [-0.4, -0.2) is 18.8 Å². The molecule has 5 heteroatoms. The molecule has 2 aromatic rings. The van der Waals surface area contributed by atoms with Gasteiger partial charge in [-0.2, -0.15) is 0 Å². The van der Waals surface area contributed by atoms with E-state index < -0.39 is 0 Å². The van der Waals surface area contributed by atoms with Gasteiger partial charge in [-0.1, -0.05) is 12.1 Å². The lowest BCUT2D eigenvalue weighted by Crippen LogP contribution is -2.12. The number of Topliss-reactive ketones (excluding diaryl/α,β-unsaturated/α-hetero) is 1. The van der Waals surface area contributed by atoms with Crippen LogP contribution in [0.5, 0.6) is 5.75 Å². The van der Waals surface area contributed by atoms with Gasteiger partial charge in [0.25, 0.3) is 5.91 Å². The van der Waals surface area contributed by atoms with Crippen molar-refractivity contribution in [2.45, 2.75) is 26.7 Å². The van der Waals surface area contributed by atoms with E-state index in [1.807, 2.05) is 38.1 Å². The number of methoxy groups -OCH3 is 1. The highest BCUT2D eigenvalue weighted by Crippen LogP contribution is 2.31. The minimum Gasteiger partial charge on any atom is -0.495 e. The highest BCUT2D eigenvalue weighted by molar-refractivity contribution is 6.05. The lowest BCUT2D eigenvalue weighted by atomic mass is 10.1. The molecule has 1 aliphatic carbocycles. The van der Waals surface area contributed by atoms with Crippen LogP contribution in [0.25, 0.3) is 0 Å². The van der Waals surface area contributed by atoms with Gasteiger partial charge in [0.05, 0.1) is 12.8 Å². The van der Waals surface area contributed by atoms with E-state index >= 15 is 0 Å². The van der Waals surface area contributed by atoms with E-state index in [0.29, 0.717) is 24.2 Å². The highest BCUT2D eigenvalue weighted by Gasteiger charge is 2.20. The average molecular weight is 350 g/mol. The van der Waals surface area contributed by atoms with E-state index in [1.165, 1.54) is 0 Å². The number of rotatable bonds is 5. The molecule has 0 saturated heterocycles. The molecule has 0 radical (unpaired) electrons. The molecule has 0 saturated carbocycles. The lowest BCUT2D eigenvalue weighted by molar-refractivity contribution is -0.114. The number of ketones is 1. The second kappa shape index (κ2) is 7.44. The quantitative estimate of drug-likeness (QED) is 0.843. The van der Waals surface area contributed by atoms with Crippen LogP contribution in [0.2, 0.25) is 0 Å². The Morgan fingerprint density at radius 2 is 1.88 bits per heavy atom. The molecule has 5 nitrogen and oxygen atoms in total. The van der Waals surface area contributed by atoms with E-state index in [0.717, 1.165) is 28.2 Å². The van der Waals surface area contributed by atoms with Gasteiger partial charge in [0, 0.05) is 28.9 Å². The number of benzene rings is 2. The topological polar surface area (TPSA) is 67.4 Å². The van der Waals surface area contributed by atoms with E-state index in [-0.39, 0.29) is 11.7 Å². The molecule has 0 heterocycles. The van der Waals surface area contributed by atoms with Gasteiger partial charge >= 0.3 is 0 Å². The largest absolute Gasteiger partial charge is 0.495 e. The average Bonchev–Trinajstić information content (AvgIpc) is 2.94. The zero-order valence-corrected chi connectivity index (χ0v) is 15.2. The number of anilines is 2. The minimum absolute atomic E-state index is 0.167.